The maximum atomic E-state index is 12.6. The van der Waals surface area contributed by atoms with Crippen molar-refractivity contribution in [1.82, 2.24) is 21.3 Å². The van der Waals surface area contributed by atoms with Gasteiger partial charge in [0, 0.05) is 13.1 Å². The SMILES string of the molecule is CC(C)(C)OC(=O)N[C@@H](CCCCNC(=O)CSSCC(=O)NCCCC[C@H](NC(=O)OC(C)(C)C)C(=O)OC(C)(C)C)C(=O)OC(C)(C)C. The summed E-state index contributed by atoms with van der Waals surface area (Å²) in [7, 11) is 2.52. The van der Waals surface area contributed by atoms with Crippen molar-refractivity contribution in [3.8, 4) is 0 Å². The van der Waals surface area contributed by atoms with Gasteiger partial charge in [0.2, 0.25) is 11.8 Å². The zero-order valence-corrected chi connectivity index (χ0v) is 33.8. The molecule has 0 aliphatic heterocycles. The molecule has 0 heterocycles. The molecule has 50 heavy (non-hydrogen) atoms. The van der Waals surface area contributed by atoms with Gasteiger partial charge in [-0.05, 0) is 122 Å². The third-order valence-electron chi connectivity index (χ3n) is 5.71. The van der Waals surface area contributed by atoms with Gasteiger partial charge in [0.15, 0.2) is 0 Å². The maximum absolute atomic E-state index is 12.6. The van der Waals surface area contributed by atoms with E-state index in [2.05, 4.69) is 21.3 Å². The van der Waals surface area contributed by atoms with Crippen molar-refractivity contribution < 1.29 is 47.7 Å². The molecular weight excluding hydrogens is 689 g/mol. The van der Waals surface area contributed by atoms with E-state index in [1.807, 2.05) is 0 Å². The van der Waals surface area contributed by atoms with Crippen molar-refractivity contribution in [2.75, 3.05) is 24.6 Å². The van der Waals surface area contributed by atoms with E-state index in [9.17, 15) is 28.8 Å². The van der Waals surface area contributed by atoms with Crippen LogP contribution in [0.3, 0.4) is 0 Å². The standard InChI is InChI=1S/C34H62N4O10S2/c1-31(2,3)45-27(41)23(37-29(43)47-33(7,8)9)17-13-15-19-35-25(39)21-49-50-22-26(40)36-20-16-14-18-24(28(42)46-32(4,5)6)38-30(44)48-34(10,11)12/h23-24H,13-22H2,1-12H3,(H,35,39)(H,36,40)(H,37,43)(H,38,44)/t23-,24-/m0/s1. The average molecular weight is 751 g/mol. The van der Waals surface area contributed by atoms with Gasteiger partial charge in [0.05, 0.1) is 11.5 Å². The van der Waals surface area contributed by atoms with E-state index < -0.39 is 58.6 Å². The van der Waals surface area contributed by atoms with Crippen LogP contribution in [0.25, 0.3) is 0 Å². The Hall–Kier alpha value is -2.88. The van der Waals surface area contributed by atoms with Crippen LogP contribution in [0.15, 0.2) is 0 Å². The summed E-state index contributed by atoms with van der Waals surface area (Å²) in [5.74, 6) is -1.14. The molecule has 4 amide bonds. The van der Waals surface area contributed by atoms with Crippen molar-refractivity contribution in [3.05, 3.63) is 0 Å². The number of nitrogens with one attached hydrogen (secondary N) is 4. The van der Waals surface area contributed by atoms with Crippen molar-refractivity contribution in [3.63, 3.8) is 0 Å². The predicted molar refractivity (Wildman–Crippen MR) is 197 cm³/mol. The Morgan fingerprint density at radius 2 is 0.780 bits per heavy atom. The summed E-state index contributed by atoms with van der Waals surface area (Å²) in [4.78, 5) is 74.2. The van der Waals surface area contributed by atoms with E-state index in [4.69, 9.17) is 18.9 Å². The molecule has 0 unspecified atom stereocenters. The summed E-state index contributed by atoms with van der Waals surface area (Å²) in [5.41, 5.74) is -2.86. The molecule has 0 aromatic heterocycles. The fourth-order valence-corrected chi connectivity index (χ4v) is 5.57. The number of alkyl carbamates (subject to hydrolysis) is 2. The first-order chi connectivity index (χ1) is 22.8. The van der Waals surface area contributed by atoms with Gasteiger partial charge in [-0.2, -0.15) is 0 Å². The van der Waals surface area contributed by atoms with E-state index in [0.717, 1.165) is 0 Å². The molecule has 0 aromatic rings. The molecule has 0 aromatic carbocycles. The zero-order chi connectivity index (χ0) is 38.8. The number of amides is 4. The van der Waals surface area contributed by atoms with Gasteiger partial charge in [-0.15, -0.1) is 0 Å². The van der Waals surface area contributed by atoms with Crippen LogP contribution in [-0.4, -0.2) is 95.0 Å². The third kappa shape index (κ3) is 27.9. The second-order valence-electron chi connectivity index (χ2n) is 15.7. The fourth-order valence-electron chi connectivity index (χ4n) is 3.84. The largest absolute Gasteiger partial charge is 0.458 e. The van der Waals surface area contributed by atoms with Crippen LogP contribution in [-0.2, 0) is 38.1 Å². The van der Waals surface area contributed by atoms with Crippen LogP contribution < -0.4 is 21.3 Å². The van der Waals surface area contributed by atoms with Crippen molar-refractivity contribution in [2.24, 2.45) is 0 Å². The van der Waals surface area contributed by atoms with Crippen LogP contribution >= 0.6 is 21.6 Å². The average Bonchev–Trinajstić information content (AvgIpc) is 2.89. The molecule has 14 nitrogen and oxygen atoms in total. The van der Waals surface area contributed by atoms with E-state index in [1.54, 1.807) is 83.1 Å². The van der Waals surface area contributed by atoms with Gasteiger partial charge in [-0.1, -0.05) is 21.6 Å². The summed E-state index contributed by atoms with van der Waals surface area (Å²) < 4.78 is 21.4. The molecule has 0 rings (SSSR count). The number of rotatable bonds is 19. The lowest BCUT2D eigenvalue weighted by atomic mass is 10.1. The van der Waals surface area contributed by atoms with Gasteiger partial charge in [0.1, 0.15) is 34.5 Å². The first kappa shape index (κ1) is 47.1. The number of esters is 2. The van der Waals surface area contributed by atoms with E-state index >= 15 is 0 Å². The van der Waals surface area contributed by atoms with Crippen LogP contribution in [0, 0.1) is 0 Å². The first-order valence-corrected chi connectivity index (χ1v) is 19.5. The quantitative estimate of drug-likeness (QED) is 0.0570. The Balaban J connectivity index is 4.39. The Kier molecular flexibility index (Phi) is 20.9. The lowest BCUT2D eigenvalue weighted by Gasteiger charge is -2.26. The van der Waals surface area contributed by atoms with Gasteiger partial charge < -0.3 is 40.2 Å². The topological polar surface area (TPSA) is 187 Å². The van der Waals surface area contributed by atoms with Crippen molar-refractivity contribution in [1.29, 1.82) is 0 Å². The number of hydrogen-bond donors (Lipinski definition) is 4. The Morgan fingerprint density at radius 3 is 1.06 bits per heavy atom. The highest BCUT2D eigenvalue weighted by molar-refractivity contribution is 8.77. The number of unbranched alkanes of at least 4 members (excludes halogenated alkanes) is 2. The van der Waals surface area contributed by atoms with Gasteiger partial charge in [0.25, 0.3) is 0 Å². The Labute approximate surface area is 306 Å². The number of hydrogen-bond acceptors (Lipinski definition) is 12. The summed E-state index contributed by atoms with van der Waals surface area (Å²) in [5, 5.41) is 10.8. The molecule has 0 aliphatic rings. The molecule has 0 saturated carbocycles. The highest BCUT2D eigenvalue weighted by Gasteiger charge is 2.29. The number of carbonyl (C=O) groups is 6. The van der Waals surface area contributed by atoms with Crippen LogP contribution in [0.4, 0.5) is 9.59 Å². The van der Waals surface area contributed by atoms with Crippen molar-refractivity contribution in [2.45, 2.75) is 156 Å². The lowest BCUT2D eigenvalue weighted by Crippen LogP contribution is -2.46. The second kappa shape index (κ2) is 22.1. The molecule has 4 N–H and O–H groups in total. The second-order valence-corrected chi connectivity index (χ2v) is 18.1. The number of ether oxygens (including phenoxy) is 4. The summed E-state index contributed by atoms with van der Waals surface area (Å²) >= 11 is 0. The smallest absolute Gasteiger partial charge is 0.408 e. The molecular formula is C34H62N4O10S2. The minimum Gasteiger partial charge on any atom is -0.458 e. The molecule has 0 radical (unpaired) electrons. The summed E-state index contributed by atoms with van der Waals surface area (Å²) in [6, 6.07) is -1.76. The van der Waals surface area contributed by atoms with Gasteiger partial charge in [-0.3, -0.25) is 9.59 Å². The Morgan fingerprint density at radius 1 is 0.480 bits per heavy atom. The third-order valence-corrected chi connectivity index (χ3v) is 7.85. The fraction of sp³-hybridized carbons (Fsp3) is 0.824. The summed E-state index contributed by atoms with van der Waals surface area (Å²) in [6.45, 7) is 21.7. The minimum atomic E-state index is -0.881. The number of carbonyl (C=O) groups excluding carboxylic acids is 6. The molecule has 2 atom stereocenters. The molecule has 290 valence electrons. The molecule has 0 bridgehead atoms. The summed E-state index contributed by atoms with van der Waals surface area (Å²) in [6.07, 6.45) is 1.47. The maximum Gasteiger partial charge on any atom is 0.408 e. The first-order valence-electron chi connectivity index (χ1n) is 17.0. The van der Waals surface area contributed by atoms with E-state index in [1.165, 1.54) is 21.6 Å². The van der Waals surface area contributed by atoms with Crippen LogP contribution in [0.5, 0.6) is 0 Å². The van der Waals surface area contributed by atoms with Crippen LogP contribution in [0.1, 0.15) is 122 Å². The molecule has 0 aliphatic carbocycles. The minimum absolute atomic E-state index is 0.162. The highest BCUT2D eigenvalue weighted by Crippen LogP contribution is 2.20. The lowest BCUT2D eigenvalue weighted by molar-refractivity contribution is -0.158. The molecule has 16 heteroatoms. The molecule has 0 fully saturated rings. The van der Waals surface area contributed by atoms with Crippen molar-refractivity contribution >= 4 is 57.5 Å². The Bertz CT molecular complexity index is 1020. The van der Waals surface area contributed by atoms with E-state index in [-0.39, 0.29) is 23.3 Å². The zero-order valence-electron chi connectivity index (χ0n) is 32.1. The van der Waals surface area contributed by atoms with E-state index in [0.29, 0.717) is 51.6 Å². The molecule has 0 spiro atoms. The van der Waals surface area contributed by atoms with Crippen LogP contribution in [0.2, 0.25) is 0 Å². The highest BCUT2D eigenvalue weighted by atomic mass is 33.1. The molecule has 0 saturated heterocycles. The van der Waals surface area contributed by atoms with Gasteiger partial charge in [-0.25, -0.2) is 19.2 Å². The normalized spacial score (nSPS) is 13.3. The predicted octanol–water partition coefficient (Wildman–Crippen LogP) is 5.41. The van der Waals surface area contributed by atoms with Gasteiger partial charge >= 0.3 is 24.1 Å². The monoisotopic (exact) mass is 750 g/mol.